The summed E-state index contributed by atoms with van der Waals surface area (Å²) in [6, 6.07) is 9.46. The maximum absolute atomic E-state index is 12.5. The van der Waals surface area contributed by atoms with Gasteiger partial charge in [-0.15, -0.1) is 0 Å². The number of carbonyl (C=O) groups excluding carboxylic acids is 2. The molecule has 124 valence electrons. The van der Waals surface area contributed by atoms with Crippen LogP contribution in [-0.4, -0.2) is 23.6 Å². The molecule has 2 heterocycles. The van der Waals surface area contributed by atoms with Crippen molar-refractivity contribution < 1.29 is 14.3 Å². The smallest absolute Gasteiger partial charge is 0.322 e. The molecule has 2 N–H and O–H groups in total. The molecule has 1 atom stereocenters. The number of imide groups is 1. The summed E-state index contributed by atoms with van der Waals surface area (Å²) in [4.78, 5) is 36.5. The maximum atomic E-state index is 12.5. The molecule has 24 heavy (non-hydrogen) atoms. The fraction of sp³-hybridized carbons (Fsp3) is 0.188. The zero-order valence-electron chi connectivity index (χ0n) is 12.7. The lowest BCUT2D eigenvalue weighted by Crippen LogP contribution is -2.49. The predicted molar refractivity (Wildman–Crippen MR) is 89.7 cm³/mol. The van der Waals surface area contributed by atoms with Gasteiger partial charge in [0.25, 0.3) is 11.5 Å². The zero-order valence-corrected chi connectivity index (χ0v) is 14.3. The Kier molecular flexibility index (Phi) is 4.15. The van der Waals surface area contributed by atoms with Gasteiger partial charge in [0, 0.05) is 6.20 Å². The number of hydrogen-bond donors (Lipinski definition) is 2. The fourth-order valence-electron chi connectivity index (χ4n) is 2.66. The third-order valence-corrected chi connectivity index (χ3v) is 4.51. The normalized spacial score (nSPS) is 19.8. The number of urea groups is 1. The van der Waals surface area contributed by atoms with Gasteiger partial charge in [0.2, 0.25) is 0 Å². The third kappa shape index (κ3) is 2.69. The number of nitrogens with zero attached hydrogens (tertiary/aromatic N) is 1. The Labute approximate surface area is 145 Å². The Balaban J connectivity index is 2.09. The number of aromatic nitrogens is 1. The summed E-state index contributed by atoms with van der Waals surface area (Å²) >= 11 is 3.18. The van der Waals surface area contributed by atoms with E-state index in [0.29, 0.717) is 15.8 Å². The topological polar surface area (TPSA) is 89.4 Å². The molecule has 3 amide bonds. The second kappa shape index (κ2) is 6.12. The van der Waals surface area contributed by atoms with Crippen LogP contribution in [-0.2, 0) is 16.9 Å². The van der Waals surface area contributed by atoms with Crippen molar-refractivity contribution in [2.75, 3.05) is 7.11 Å². The van der Waals surface area contributed by atoms with Crippen molar-refractivity contribution in [2.24, 2.45) is 0 Å². The van der Waals surface area contributed by atoms with E-state index in [1.165, 1.54) is 11.7 Å². The lowest BCUT2D eigenvalue weighted by molar-refractivity contribution is -0.124. The summed E-state index contributed by atoms with van der Waals surface area (Å²) in [6.45, 7) is -0.0326. The van der Waals surface area contributed by atoms with E-state index >= 15 is 0 Å². The van der Waals surface area contributed by atoms with Gasteiger partial charge < -0.3 is 14.6 Å². The highest BCUT2D eigenvalue weighted by molar-refractivity contribution is 9.10. The molecule has 7 nitrogen and oxygen atoms in total. The summed E-state index contributed by atoms with van der Waals surface area (Å²) in [5.74, 6) is 0.114. The average molecular weight is 392 g/mol. The summed E-state index contributed by atoms with van der Waals surface area (Å²) in [5.41, 5.74) is -1.11. The minimum atomic E-state index is -1.37. The minimum Gasteiger partial charge on any atom is -0.497 e. The van der Waals surface area contributed by atoms with Crippen LogP contribution < -0.4 is 20.9 Å². The number of pyridine rings is 1. The number of carbonyl (C=O) groups is 2. The Morgan fingerprint density at radius 3 is 2.46 bits per heavy atom. The van der Waals surface area contributed by atoms with Crippen molar-refractivity contribution in [1.29, 1.82) is 0 Å². The van der Waals surface area contributed by atoms with Gasteiger partial charge in [-0.05, 0) is 45.8 Å². The Morgan fingerprint density at radius 1 is 1.17 bits per heavy atom. The number of ether oxygens (including phenoxy) is 1. The van der Waals surface area contributed by atoms with Gasteiger partial charge in [-0.2, -0.15) is 0 Å². The van der Waals surface area contributed by atoms with E-state index in [-0.39, 0.29) is 12.1 Å². The van der Waals surface area contributed by atoms with Crippen LogP contribution in [0.15, 0.2) is 51.9 Å². The molecule has 0 aliphatic carbocycles. The lowest BCUT2D eigenvalue weighted by Gasteiger charge is -2.27. The van der Waals surface area contributed by atoms with Crippen LogP contribution in [0.25, 0.3) is 0 Å². The van der Waals surface area contributed by atoms with Crippen molar-refractivity contribution in [3.8, 4) is 5.75 Å². The number of amides is 3. The van der Waals surface area contributed by atoms with Gasteiger partial charge in [0.05, 0.1) is 18.1 Å². The molecule has 0 saturated carbocycles. The average Bonchev–Trinajstić information content (AvgIpc) is 2.86. The molecule has 2 aromatic rings. The summed E-state index contributed by atoms with van der Waals surface area (Å²) in [5, 5.41) is 4.89. The predicted octanol–water partition coefficient (Wildman–Crippen LogP) is 1.35. The summed E-state index contributed by atoms with van der Waals surface area (Å²) < 4.78 is 6.87. The van der Waals surface area contributed by atoms with Crippen molar-refractivity contribution in [3.05, 3.63) is 63.0 Å². The van der Waals surface area contributed by atoms with Crippen molar-refractivity contribution >= 4 is 27.9 Å². The van der Waals surface area contributed by atoms with Crippen LogP contribution in [0.4, 0.5) is 4.79 Å². The molecule has 1 aromatic carbocycles. The van der Waals surface area contributed by atoms with Crippen LogP contribution >= 0.6 is 15.9 Å². The zero-order chi connectivity index (χ0) is 17.3. The fourth-order valence-corrected chi connectivity index (χ4v) is 3.04. The van der Waals surface area contributed by atoms with E-state index in [9.17, 15) is 14.4 Å². The van der Waals surface area contributed by atoms with Crippen LogP contribution in [0, 0.1) is 0 Å². The first-order chi connectivity index (χ1) is 11.5. The van der Waals surface area contributed by atoms with Gasteiger partial charge in [0.15, 0.2) is 5.54 Å². The van der Waals surface area contributed by atoms with Gasteiger partial charge >= 0.3 is 6.03 Å². The lowest BCUT2D eigenvalue weighted by atomic mass is 9.89. The first-order valence-electron chi connectivity index (χ1n) is 7.09. The molecule has 0 radical (unpaired) electrons. The number of methoxy groups -OCH3 is 1. The molecular weight excluding hydrogens is 378 g/mol. The molecular formula is C16H14BrN3O4. The molecule has 0 bridgehead atoms. The standard InChI is InChI=1S/C16H14BrN3O4/c1-24-11-6-4-10(5-7-11)16(14(22)18-15(23)19-16)9-20-8-2-3-12(17)13(20)21/h2-8H,9H2,1H3,(H2,18,19,22,23). The Bertz CT molecular complexity index is 862. The van der Waals surface area contributed by atoms with E-state index in [1.807, 2.05) is 0 Å². The van der Waals surface area contributed by atoms with Crippen LogP contribution in [0.3, 0.4) is 0 Å². The van der Waals surface area contributed by atoms with E-state index in [0.717, 1.165) is 0 Å². The number of halogens is 1. The van der Waals surface area contributed by atoms with E-state index in [2.05, 4.69) is 26.6 Å². The molecule has 1 unspecified atom stereocenters. The minimum absolute atomic E-state index is 0.0326. The maximum Gasteiger partial charge on any atom is 0.322 e. The molecule has 1 saturated heterocycles. The largest absolute Gasteiger partial charge is 0.497 e. The molecule has 1 fully saturated rings. The number of nitrogens with one attached hydrogen (secondary N) is 2. The quantitative estimate of drug-likeness (QED) is 0.769. The molecule has 0 spiro atoms. The van der Waals surface area contributed by atoms with Gasteiger partial charge in [-0.1, -0.05) is 12.1 Å². The van der Waals surface area contributed by atoms with Crippen LogP contribution in [0.2, 0.25) is 0 Å². The first-order valence-corrected chi connectivity index (χ1v) is 7.89. The molecule has 8 heteroatoms. The van der Waals surface area contributed by atoms with Crippen LogP contribution in [0.5, 0.6) is 5.75 Å². The Morgan fingerprint density at radius 2 is 1.88 bits per heavy atom. The molecule has 1 aromatic heterocycles. The third-order valence-electron chi connectivity index (χ3n) is 3.91. The highest BCUT2D eigenvalue weighted by Gasteiger charge is 2.48. The second-order valence-corrected chi connectivity index (χ2v) is 6.19. The molecule has 1 aliphatic rings. The second-order valence-electron chi connectivity index (χ2n) is 5.33. The number of hydrogen-bond acceptors (Lipinski definition) is 4. The summed E-state index contributed by atoms with van der Waals surface area (Å²) in [6.07, 6.45) is 1.57. The van der Waals surface area contributed by atoms with Crippen molar-refractivity contribution in [1.82, 2.24) is 15.2 Å². The molecule has 1 aliphatic heterocycles. The summed E-state index contributed by atoms with van der Waals surface area (Å²) in [7, 11) is 1.54. The first kappa shape index (κ1) is 16.3. The van der Waals surface area contributed by atoms with E-state index in [1.54, 1.807) is 42.6 Å². The molecule has 3 rings (SSSR count). The van der Waals surface area contributed by atoms with Crippen LogP contribution in [0.1, 0.15) is 5.56 Å². The highest BCUT2D eigenvalue weighted by Crippen LogP contribution is 2.28. The van der Waals surface area contributed by atoms with Gasteiger partial charge in [-0.3, -0.25) is 14.9 Å². The van der Waals surface area contributed by atoms with Gasteiger partial charge in [-0.25, -0.2) is 4.79 Å². The number of rotatable bonds is 4. The van der Waals surface area contributed by atoms with Crippen molar-refractivity contribution in [2.45, 2.75) is 12.1 Å². The highest BCUT2D eigenvalue weighted by atomic mass is 79.9. The Hall–Kier alpha value is -2.61. The van der Waals surface area contributed by atoms with Crippen molar-refractivity contribution in [3.63, 3.8) is 0 Å². The van der Waals surface area contributed by atoms with E-state index in [4.69, 9.17) is 4.74 Å². The van der Waals surface area contributed by atoms with E-state index < -0.39 is 17.5 Å². The number of benzene rings is 1. The SMILES string of the molecule is COc1ccc(C2(Cn3cccc(Br)c3=O)NC(=O)NC2=O)cc1. The monoisotopic (exact) mass is 391 g/mol. The van der Waals surface area contributed by atoms with Gasteiger partial charge in [0.1, 0.15) is 5.75 Å².